The summed E-state index contributed by atoms with van der Waals surface area (Å²) in [4.78, 5) is 2.33. The lowest BCUT2D eigenvalue weighted by Crippen LogP contribution is -2.34. The summed E-state index contributed by atoms with van der Waals surface area (Å²) in [6.07, 6.45) is 11.0. The second-order valence-corrected chi connectivity index (χ2v) is 10.0. The standard InChI is InChI=1S/C28H35NO3/c30-28(17-22-9-4-10-22,18-23-11-5-12-23)27-15-14-26(32-27)21-29(20-25-13-6-16-31-25)19-24-7-2-1-3-8-24/h1-3,6-8,13-16,22-23,30H,4-5,9-12,17-21H2. The van der Waals surface area contributed by atoms with Gasteiger partial charge in [0.05, 0.1) is 19.4 Å². The summed E-state index contributed by atoms with van der Waals surface area (Å²) in [7, 11) is 0. The van der Waals surface area contributed by atoms with Gasteiger partial charge in [0, 0.05) is 6.54 Å². The third-order valence-corrected chi connectivity index (χ3v) is 7.41. The van der Waals surface area contributed by atoms with Gasteiger partial charge in [-0.2, -0.15) is 0 Å². The molecule has 2 aliphatic rings. The van der Waals surface area contributed by atoms with Crippen molar-refractivity contribution >= 4 is 0 Å². The molecule has 1 N–H and O–H groups in total. The van der Waals surface area contributed by atoms with Crippen molar-refractivity contribution in [3.8, 4) is 0 Å². The molecule has 32 heavy (non-hydrogen) atoms. The molecule has 2 aromatic heterocycles. The van der Waals surface area contributed by atoms with E-state index in [1.165, 1.54) is 44.1 Å². The van der Waals surface area contributed by atoms with Gasteiger partial charge in [0.1, 0.15) is 22.9 Å². The Morgan fingerprint density at radius 3 is 2.06 bits per heavy atom. The van der Waals surface area contributed by atoms with Crippen molar-refractivity contribution in [3.05, 3.63) is 83.7 Å². The minimum atomic E-state index is -0.820. The Morgan fingerprint density at radius 1 is 0.781 bits per heavy atom. The molecule has 0 aliphatic heterocycles. The molecule has 0 unspecified atom stereocenters. The second-order valence-electron chi connectivity index (χ2n) is 10.0. The summed E-state index contributed by atoms with van der Waals surface area (Å²) >= 11 is 0. The molecule has 2 fully saturated rings. The maximum absolute atomic E-state index is 11.7. The summed E-state index contributed by atoms with van der Waals surface area (Å²) in [5.74, 6) is 3.90. The molecule has 4 heteroatoms. The maximum Gasteiger partial charge on any atom is 0.135 e. The minimum Gasteiger partial charge on any atom is -0.468 e. The number of benzene rings is 1. The number of furan rings is 2. The third-order valence-electron chi connectivity index (χ3n) is 7.41. The first-order valence-corrected chi connectivity index (χ1v) is 12.3. The van der Waals surface area contributed by atoms with Gasteiger partial charge >= 0.3 is 0 Å². The molecular weight excluding hydrogens is 398 g/mol. The van der Waals surface area contributed by atoms with Crippen LogP contribution in [0.1, 0.15) is 74.2 Å². The van der Waals surface area contributed by atoms with E-state index >= 15 is 0 Å². The van der Waals surface area contributed by atoms with Crippen molar-refractivity contribution in [1.82, 2.24) is 4.90 Å². The van der Waals surface area contributed by atoms with Crippen LogP contribution in [0.3, 0.4) is 0 Å². The summed E-state index contributed by atoms with van der Waals surface area (Å²) in [5.41, 5.74) is 0.442. The molecule has 1 aromatic carbocycles. The SMILES string of the molecule is OC(CC1CCC1)(CC1CCC1)c1ccc(CN(Cc2ccccc2)Cc2ccco2)o1. The van der Waals surface area contributed by atoms with E-state index in [0.717, 1.165) is 36.7 Å². The van der Waals surface area contributed by atoms with Crippen LogP contribution < -0.4 is 0 Å². The monoisotopic (exact) mass is 433 g/mol. The summed E-state index contributed by atoms with van der Waals surface area (Å²) < 4.78 is 12.0. The highest BCUT2D eigenvalue weighted by Crippen LogP contribution is 2.45. The van der Waals surface area contributed by atoms with Crippen LogP contribution in [0.15, 0.2) is 69.7 Å². The Bertz CT molecular complexity index is 938. The van der Waals surface area contributed by atoms with E-state index in [1.807, 2.05) is 24.3 Å². The minimum absolute atomic E-state index is 0.641. The Labute approximate surface area is 191 Å². The summed E-state index contributed by atoms with van der Waals surface area (Å²) in [6, 6.07) is 18.5. The zero-order valence-electron chi connectivity index (χ0n) is 18.9. The van der Waals surface area contributed by atoms with Gasteiger partial charge in [-0.05, 0) is 54.5 Å². The molecule has 2 saturated carbocycles. The van der Waals surface area contributed by atoms with Gasteiger partial charge in [-0.15, -0.1) is 0 Å². The number of nitrogens with zero attached hydrogens (tertiary/aromatic N) is 1. The van der Waals surface area contributed by atoms with Gasteiger partial charge in [-0.25, -0.2) is 0 Å². The zero-order valence-corrected chi connectivity index (χ0v) is 18.9. The van der Waals surface area contributed by atoms with E-state index in [-0.39, 0.29) is 0 Å². The van der Waals surface area contributed by atoms with Crippen molar-refractivity contribution in [3.63, 3.8) is 0 Å². The van der Waals surface area contributed by atoms with Gasteiger partial charge in [0.15, 0.2) is 0 Å². The number of aliphatic hydroxyl groups is 1. The van der Waals surface area contributed by atoms with E-state index < -0.39 is 5.60 Å². The van der Waals surface area contributed by atoms with Crippen LogP contribution in [0.25, 0.3) is 0 Å². The van der Waals surface area contributed by atoms with Crippen molar-refractivity contribution < 1.29 is 13.9 Å². The summed E-state index contributed by atoms with van der Waals surface area (Å²) in [5, 5.41) is 11.7. The van der Waals surface area contributed by atoms with Crippen LogP contribution >= 0.6 is 0 Å². The van der Waals surface area contributed by atoms with E-state index in [1.54, 1.807) is 6.26 Å². The molecule has 0 spiro atoms. The number of hydrogen-bond acceptors (Lipinski definition) is 4. The van der Waals surface area contributed by atoms with Crippen LogP contribution in [0.5, 0.6) is 0 Å². The van der Waals surface area contributed by atoms with Crippen molar-refractivity contribution in [2.45, 2.75) is 76.6 Å². The highest BCUT2D eigenvalue weighted by atomic mass is 16.4. The van der Waals surface area contributed by atoms with Gasteiger partial charge < -0.3 is 13.9 Å². The second kappa shape index (κ2) is 9.68. The smallest absolute Gasteiger partial charge is 0.135 e. The fraction of sp³-hybridized carbons (Fsp3) is 0.500. The average molecular weight is 434 g/mol. The summed E-state index contributed by atoms with van der Waals surface area (Å²) in [6.45, 7) is 2.21. The Morgan fingerprint density at radius 2 is 1.47 bits per heavy atom. The molecule has 0 amide bonds. The fourth-order valence-electron chi connectivity index (χ4n) is 5.20. The Hall–Kier alpha value is -2.30. The van der Waals surface area contributed by atoms with Crippen molar-refractivity contribution in [2.24, 2.45) is 11.8 Å². The molecule has 0 radical (unpaired) electrons. The molecule has 0 saturated heterocycles. The largest absolute Gasteiger partial charge is 0.468 e. The predicted molar refractivity (Wildman–Crippen MR) is 125 cm³/mol. The van der Waals surface area contributed by atoms with Gasteiger partial charge in [-0.1, -0.05) is 68.9 Å². The van der Waals surface area contributed by atoms with Crippen molar-refractivity contribution in [1.29, 1.82) is 0 Å². The molecule has 4 nitrogen and oxygen atoms in total. The first kappa shape index (κ1) is 21.5. The third kappa shape index (κ3) is 5.19. The van der Waals surface area contributed by atoms with E-state index in [9.17, 15) is 5.11 Å². The van der Waals surface area contributed by atoms with Crippen molar-refractivity contribution in [2.75, 3.05) is 0 Å². The number of hydrogen-bond donors (Lipinski definition) is 1. The van der Waals surface area contributed by atoms with E-state index in [2.05, 4.69) is 35.2 Å². The lowest BCUT2D eigenvalue weighted by Gasteiger charge is -2.39. The highest BCUT2D eigenvalue weighted by Gasteiger charge is 2.40. The molecular formula is C28H35NO3. The zero-order chi connectivity index (χ0) is 21.8. The average Bonchev–Trinajstić information content (AvgIpc) is 3.41. The predicted octanol–water partition coefficient (Wildman–Crippen LogP) is 6.64. The van der Waals surface area contributed by atoms with Crippen LogP contribution in [0, 0.1) is 11.8 Å². The number of rotatable bonds is 11. The topological polar surface area (TPSA) is 49.8 Å². The van der Waals surface area contributed by atoms with E-state index in [4.69, 9.17) is 8.83 Å². The molecule has 170 valence electrons. The Kier molecular flexibility index (Phi) is 6.52. The van der Waals surface area contributed by atoms with Gasteiger partial charge in [0.25, 0.3) is 0 Å². The highest BCUT2D eigenvalue weighted by molar-refractivity contribution is 5.17. The molecule has 5 rings (SSSR count). The molecule has 3 aromatic rings. The Balaban J connectivity index is 1.32. The molecule has 2 heterocycles. The quantitative estimate of drug-likeness (QED) is 0.368. The van der Waals surface area contributed by atoms with Crippen LogP contribution in [-0.2, 0) is 25.2 Å². The van der Waals surface area contributed by atoms with Crippen LogP contribution in [-0.4, -0.2) is 10.0 Å². The molecule has 2 aliphatic carbocycles. The lowest BCUT2D eigenvalue weighted by molar-refractivity contribution is -0.0494. The first-order valence-electron chi connectivity index (χ1n) is 12.3. The molecule has 0 bridgehead atoms. The first-order chi connectivity index (χ1) is 15.7. The molecule has 0 atom stereocenters. The van der Waals surface area contributed by atoms with E-state index in [0.29, 0.717) is 24.9 Å². The maximum atomic E-state index is 11.7. The lowest BCUT2D eigenvalue weighted by atomic mass is 9.70. The van der Waals surface area contributed by atoms with Gasteiger partial charge in [-0.3, -0.25) is 4.90 Å². The normalized spacial score (nSPS) is 17.4. The van der Waals surface area contributed by atoms with Crippen LogP contribution in [0.2, 0.25) is 0 Å². The van der Waals surface area contributed by atoms with Gasteiger partial charge in [0.2, 0.25) is 0 Å². The fourth-order valence-corrected chi connectivity index (χ4v) is 5.20. The van der Waals surface area contributed by atoms with Crippen LogP contribution in [0.4, 0.5) is 0 Å².